The fourth-order valence-electron chi connectivity index (χ4n) is 6.58. The predicted octanol–water partition coefficient (Wildman–Crippen LogP) is 5.73. The molecule has 2 atom stereocenters. The normalized spacial score (nSPS) is 21.3. The van der Waals surface area contributed by atoms with Crippen LogP contribution in [0.2, 0.25) is 5.02 Å². The highest BCUT2D eigenvalue weighted by Crippen LogP contribution is 2.46. The Balaban J connectivity index is 1.14. The van der Waals surface area contributed by atoms with Crippen molar-refractivity contribution in [3.63, 3.8) is 0 Å². The lowest BCUT2D eigenvalue weighted by Crippen LogP contribution is -2.43. The fraction of sp³-hybridized carbons (Fsp3) is 0.344. The Labute approximate surface area is 233 Å². The van der Waals surface area contributed by atoms with Gasteiger partial charge in [-0.2, -0.15) is 0 Å². The van der Waals surface area contributed by atoms with E-state index in [-0.39, 0.29) is 29.1 Å². The van der Waals surface area contributed by atoms with Crippen LogP contribution in [0.1, 0.15) is 64.7 Å². The topological polar surface area (TPSA) is 69.7 Å². The minimum absolute atomic E-state index is 0.0386. The lowest BCUT2D eigenvalue weighted by molar-refractivity contribution is -0.127. The summed E-state index contributed by atoms with van der Waals surface area (Å²) in [5, 5.41) is 3.50. The molecule has 3 aromatic carbocycles. The van der Waals surface area contributed by atoms with Crippen LogP contribution < -0.4 is 5.32 Å². The first-order valence-corrected chi connectivity index (χ1v) is 14.1. The smallest absolute Gasteiger partial charge is 0.322 e. The van der Waals surface area contributed by atoms with Crippen LogP contribution in [0.15, 0.2) is 78.9 Å². The number of Topliss-reactive ketones (excluding diaryl/α,β-unsaturated/α-hetero) is 1. The molecule has 2 aliphatic heterocycles. The second-order valence-corrected chi connectivity index (χ2v) is 11.5. The second kappa shape index (κ2) is 10.6. The first kappa shape index (κ1) is 25.8. The number of ketones is 1. The Bertz CT molecular complexity index is 1400. The van der Waals surface area contributed by atoms with E-state index in [9.17, 15) is 14.4 Å². The van der Waals surface area contributed by atoms with Gasteiger partial charge in [-0.1, -0.05) is 78.3 Å². The van der Waals surface area contributed by atoms with Crippen LogP contribution in [0.25, 0.3) is 0 Å². The van der Waals surface area contributed by atoms with E-state index in [1.54, 1.807) is 0 Å². The predicted molar refractivity (Wildman–Crippen MR) is 151 cm³/mol. The molecule has 3 aromatic rings. The third-order valence-corrected chi connectivity index (χ3v) is 9.02. The summed E-state index contributed by atoms with van der Waals surface area (Å²) in [7, 11) is 0. The lowest BCUT2D eigenvalue weighted by Gasteiger charge is -2.40. The molecule has 1 aliphatic carbocycles. The number of urea groups is 1. The van der Waals surface area contributed by atoms with E-state index in [2.05, 4.69) is 16.3 Å². The molecule has 2 heterocycles. The summed E-state index contributed by atoms with van der Waals surface area (Å²) in [5.74, 6) is 0.00253. The maximum Gasteiger partial charge on any atom is 0.325 e. The molecular formula is C32H32ClN3O3. The molecule has 0 radical (unpaired) electrons. The Hall–Kier alpha value is -3.48. The zero-order valence-electron chi connectivity index (χ0n) is 21.8. The average molecular weight is 542 g/mol. The van der Waals surface area contributed by atoms with E-state index >= 15 is 0 Å². The molecule has 0 saturated carbocycles. The Kier molecular flexibility index (Phi) is 7.00. The first-order valence-electron chi connectivity index (χ1n) is 13.7. The molecule has 3 amide bonds. The van der Waals surface area contributed by atoms with Gasteiger partial charge in [0.15, 0.2) is 5.78 Å². The molecule has 1 N–H and O–H groups in total. The van der Waals surface area contributed by atoms with Crippen LogP contribution in [0.4, 0.5) is 4.79 Å². The van der Waals surface area contributed by atoms with Gasteiger partial charge in [0.1, 0.15) is 6.04 Å². The van der Waals surface area contributed by atoms with Crippen LogP contribution in [0, 0.1) is 0 Å². The number of amides is 3. The number of likely N-dealkylation sites (tertiary alicyclic amines) is 1. The number of hydrogen-bond donors (Lipinski definition) is 1. The summed E-state index contributed by atoms with van der Waals surface area (Å²) in [6.45, 7) is 2.98. The van der Waals surface area contributed by atoms with E-state index < -0.39 is 6.04 Å². The molecule has 200 valence electrons. The highest BCUT2D eigenvalue weighted by Gasteiger charge is 2.45. The number of nitrogens with zero attached hydrogens (tertiary/aromatic N) is 2. The Morgan fingerprint density at radius 1 is 0.923 bits per heavy atom. The number of carbonyl (C=O) groups is 3. The number of halogens is 1. The van der Waals surface area contributed by atoms with Crippen molar-refractivity contribution in [2.45, 2.75) is 43.1 Å². The van der Waals surface area contributed by atoms with E-state index in [4.69, 9.17) is 11.6 Å². The maximum absolute atomic E-state index is 13.3. The van der Waals surface area contributed by atoms with Gasteiger partial charge in [-0.15, -0.1) is 0 Å². The first-order chi connectivity index (χ1) is 18.9. The van der Waals surface area contributed by atoms with E-state index in [0.717, 1.165) is 55.6 Å². The molecular weight excluding hydrogens is 510 g/mol. The molecule has 3 aliphatic rings. The van der Waals surface area contributed by atoms with Gasteiger partial charge in [-0.3, -0.25) is 14.5 Å². The highest BCUT2D eigenvalue weighted by molar-refractivity contribution is 6.30. The van der Waals surface area contributed by atoms with Crippen molar-refractivity contribution < 1.29 is 14.4 Å². The Morgan fingerprint density at radius 2 is 1.67 bits per heavy atom. The summed E-state index contributed by atoms with van der Waals surface area (Å²) in [5.41, 5.74) is 3.89. The van der Waals surface area contributed by atoms with Crippen LogP contribution >= 0.6 is 11.6 Å². The zero-order valence-corrected chi connectivity index (χ0v) is 22.6. The van der Waals surface area contributed by atoms with Gasteiger partial charge in [0, 0.05) is 34.9 Å². The van der Waals surface area contributed by atoms with Crippen LogP contribution in [-0.4, -0.2) is 53.7 Å². The Morgan fingerprint density at radius 3 is 2.44 bits per heavy atom. The summed E-state index contributed by atoms with van der Waals surface area (Å²) < 4.78 is 0. The molecule has 6 rings (SSSR count). The highest BCUT2D eigenvalue weighted by atomic mass is 35.5. The van der Waals surface area contributed by atoms with Gasteiger partial charge < -0.3 is 10.2 Å². The zero-order chi connectivity index (χ0) is 27.0. The molecule has 6 nitrogen and oxygen atoms in total. The minimum Gasteiger partial charge on any atom is -0.322 e. The van der Waals surface area contributed by atoms with Crippen LogP contribution in [0.3, 0.4) is 0 Å². The van der Waals surface area contributed by atoms with Gasteiger partial charge in [-0.25, -0.2) is 4.79 Å². The lowest BCUT2D eigenvalue weighted by atomic mass is 9.73. The fourth-order valence-corrected chi connectivity index (χ4v) is 6.78. The molecule has 39 heavy (non-hydrogen) atoms. The molecule has 1 unspecified atom stereocenters. The van der Waals surface area contributed by atoms with Gasteiger partial charge in [0.25, 0.3) is 5.91 Å². The molecule has 2 fully saturated rings. The molecule has 1 spiro atoms. The summed E-state index contributed by atoms with van der Waals surface area (Å²) in [6.07, 6.45) is 3.32. The van der Waals surface area contributed by atoms with Crippen molar-refractivity contribution in [2.24, 2.45) is 0 Å². The van der Waals surface area contributed by atoms with Gasteiger partial charge >= 0.3 is 6.03 Å². The number of benzene rings is 3. The number of imide groups is 1. The van der Waals surface area contributed by atoms with Crippen molar-refractivity contribution in [1.29, 1.82) is 0 Å². The standard InChI is InChI=1S/C32H32ClN3O3/c33-25-10-6-9-23(19-25)24(21-36-30(38)29(34-31(36)39)22-7-2-1-3-8-22)13-16-35-17-14-32(15-18-35)20-28(37)26-11-4-5-12-27(26)32/h1-12,19,24,29H,13-18,20-21H2,(H,34,39)/t24?,29-/m0/s1. The van der Waals surface area contributed by atoms with Gasteiger partial charge in [-0.05, 0) is 67.7 Å². The maximum atomic E-state index is 13.3. The third kappa shape index (κ3) is 4.99. The molecule has 0 aromatic heterocycles. The number of piperidine rings is 1. The minimum atomic E-state index is -0.658. The van der Waals surface area contributed by atoms with Crippen LogP contribution in [0.5, 0.6) is 0 Å². The van der Waals surface area contributed by atoms with Crippen molar-refractivity contribution in [3.8, 4) is 0 Å². The third-order valence-electron chi connectivity index (χ3n) is 8.79. The second-order valence-electron chi connectivity index (χ2n) is 11.1. The van der Waals surface area contributed by atoms with Crippen molar-refractivity contribution in [3.05, 3.63) is 106 Å². The molecule has 0 bridgehead atoms. The van der Waals surface area contributed by atoms with E-state index in [1.165, 1.54) is 10.5 Å². The monoisotopic (exact) mass is 541 g/mol. The largest absolute Gasteiger partial charge is 0.325 e. The molecule has 7 heteroatoms. The SMILES string of the molecule is O=C1CC2(CCN(CCC(CN3C(=O)N[C@@H](c4ccccc4)C3=O)c3cccc(Cl)c3)CC2)c2ccccc21. The van der Waals surface area contributed by atoms with Crippen molar-refractivity contribution in [2.75, 3.05) is 26.2 Å². The summed E-state index contributed by atoms with van der Waals surface area (Å²) >= 11 is 6.34. The number of rotatable bonds is 7. The van der Waals surface area contributed by atoms with Gasteiger partial charge in [0.2, 0.25) is 0 Å². The number of hydrogen-bond acceptors (Lipinski definition) is 4. The quantitative estimate of drug-likeness (QED) is 0.388. The molecule has 2 saturated heterocycles. The van der Waals surface area contributed by atoms with Gasteiger partial charge in [0.05, 0.1) is 0 Å². The van der Waals surface area contributed by atoms with E-state index in [1.807, 2.05) is 72.8 Å². The summed E-state index contributed by atoms with van der Waals surface area (Å²) in [6, 6.07) is 24.1. The van der Waals surface area contributed by atoms with Crippen molar-refractivity contribution in [1.82, 2.24) is 15.1 Å². The van der Waals surface area contributed by atoms with Crippen molar-refractivity contribution >= 4 is 29.3 Å². The number of fused-ring (bicyclic) bond motifs is 2. The van der Waals surface area contributed by atoms with Crippen LogP contribution in [-0.2, 0) is 10.2 Å². The van der Waals surface area contributed by atoms with E-state index in [0.29, 0.717) is 18.0 Å². The average Bonchev–Trinajstić information content (AvgIpc) is 3.40. The number of carbonyl (C=O) groups excluding carboxylic acids is 3. The number of nitrogens with one attached hydrogen (secondary N) is 1. The summed E-state index contributed by atoms with van der Waals surface area (Å²) in [4.78, 5) is 42.7.